The zero-order valence-corrected chi connectivity index (χ0v) is 13.1. The second-order valence-corrected chi connectivity index (χ2v) is 5.81. The Kier molecular flexibility index (Phi) is 3.63. The van der Waals surface area contributed by atoms with Gasteiger partial charge < -0.3 is 10.2 Å². The van der Waals surface area contributed by atoms with Crippen molar-refractivity contribution in [1.29, 1.82) is 0 Å². The van der Waals surface area contributed by atoms with Crippen molar-refractivity contribution < 1.29 is 0 Å². The number of anilines is 1. The van der Waals surface area contributed by atoms with E-state index in [9.17, 15) is 0 Å². The van der Waals surface area contributed by atoms with Crippen LogP contribution in [0.5, 0.6) is 0 Å². The van der Waals surface area contributed by atoms with E-state index in [1.165, 1.54) is 12.8 Å². The summed E-state index contributed by atoms with van der Waals surface area (Å²) in [6, 6.07) is 2.43. The number of piperidine rings is 1. The molecule has 0 amide bonds. The molecule has 3 aromatic heterocycles. The number of aromatic nitrogens is 5. The van der Waals surface area contributed by atoms with Gasteiger partial charge in [-0.15, -0.1) is 0 Å². The number of hydrogen-bond acceptors (Lipinski definition) is 6. The number of fused-ring (bicyclic) bond motifs is 1. The fourth-order valence-corrected chi connectivity index (χ4v) is 3.03. The molecule has 4 heterocycles. The van der Waals surface area contributed by atoms with E-state index in [2.05, 4.69) is 32.3 Å². The normalized spacial score (nSPS) is 18.2. The number of rotatable bonds is 3. The summed E-state index contributed by atoms with van der Waals surface area (Å²) in [4.78, 5) is 15.6. The van der Waals surface area contributed by atoms with E-state index in [1.807, 2.05) is 18.5 Å². The van der Waals surface area contributed by atoms with Gasteiger partial charge in [0.15, 0.2) is 5.82 Å². The minimum atomic E-state index is 0.470. The Labute approximate surface area is 134 Å². The molecule has 0 unspecified atom stereocenters. The van der Waals surface area contributed by atoms with E-state index in [0.717, 1.165) is 30.0 Å². The minimum absolute atomic E-state index is 0.470. The van der Waals surface area contributed by atoms with Crippen molar-refractivity contribution in [3.63, 3.8) is 0 Å². The standard InChI is InChI=1S/C16H19N7/c1-22(12-3-2-5-17-9-12)15-4-6-19-16(21-15)13-10-20-23-8-7-18-11-14(13)23/h4,6-8,10-12,17H,2-3,5,9H2,1H3/t12-/m1/s1. The molecule has 1 atom stereocenters. The van der Waals surface area contributed by atoms with Crippen LogP contribution in [0, 0.1) is 0 Å². The van der Waals surface area contributed by atoms with E-state index >= 15 is 0 Å². The number of nitrogens with one attached hydrogen (secondary N) is 1. The molecule has 1 saturated heterocycles. The lowest BCUT2D eigenvalue weighted by atomic mass is 10.1. The van der Waals surface area contributed by atoms with Crippen LogP contribution in [-0.4, -0.2) is 50.7 Å². The highest BCUT2D eigenvalue weighted by Gasteiger charge is 2.20. The monoisotopic (exact) mass is 309 g/mol. The Hall–Kier alpha value is -2.54. The topological polar surface area (TPSA) is 71.2 Å². The van der Waals surface area contributed by atoms with Crippen molar-refractivity contribution in [1.82, 2.24) is 29.9 Å². The van der Waals surface area contributed by atoms with Crippen molar-refractivity contribution >= 4 is 11.3 Å². The molecule has 3 aromatic rings. The van der Waals surface area contributed by atoms with E-state index in [1.54, 1.807) is 23.1 Å². The summed E-state index contributed by atoms with van der Waals surface area (Å²) < 4.78 is 1.78. The predicted octanol–water partition coefficient (Wildman–Crippen LogP) is 1.37. The molecular weight excluding hydrogens is 290 g/mol. The van der Waals surface area contributed by atoms with Crippen LogP contribution in [-0.2, 0) is 0 Å². The summed E-state index contributed by atoms with van der Waals surface area (Å²) in [5.74, 6) is 1.62. The third-order valence-corrected chi connectivity index (χ3v) is 4.39. The summed E-state index contributed by atoms with van der Waals surface area (Å²) in [5.41, 5.74) is 1.81. The van der Waals surface area contributed by atoms with Gasteiger partial charge in [-0.3, -0.25) is 4.98 Å². The maximum atomic E-state index is 4.75. The van der Waals surface area contributed by atoms with Gasteiger partial charge >= 0.3 is 0 Å². The molecule has 0 aromatic carbocycles. The first kappa shape index (κ1) is 14.1. The molecule has 7 heteroatoms. The van der Waals surface area contributed by atoms with E-state index in [4.69, 9.17) is 4.98 Å². The van der Waals surface area contributed by atoms with Crippen LogP contribution in [0.4, 0.5) is 5.82 Å². The van der Waals surface area contributed by atoms with E-state index < -0.39 is 0 Å². The molecule has 23 heavy (non-hydrogen) atoms. The first-order chi connectivity index (χ1) is 11.3. The van der Waals surface area contributed by atoms with E-state index in [0.29, 0.717) is 11.9 Å². The lowest BCUT2D eigenvalue weighted by Crippen LogP contribution is -2.44. The zero-order valence-electron chi connectivity index (χ0n) is 13.1. The van der Waals surface area contributed by atoms with Gasteiger partial charge in [0.05, 0.1) is 23.5 Å². The third kappa shape index (κ3) is 2.63. The molecule has 0 radical (unpaired) electrons. The SMILES string of the molecule is CN(c1ccnc(-c2cnn3ccncc23)n1)[C@@H]1CCCNC1. The van der Waals surface area contributed by atoms with Crippen molar-refractivity contribution in [3.05, 3.63) is 37.1 Å². The van der Waals surface area contributed by atoms with Crippen LogP contribution < -0.4 is 10.2 Å². The largest absolute Gasteiger partial charge is 0.355 e. The summed E-state index contributed by atoms with van der Waals surface area (Å²) in [6.45, 7) is 2.10. The average Bonchev–Trinajstić information content (AvgIpc) is 3.06. The van der Waals surface area contributed by atoms with Crippen LogP contribution in [0.25, 0.3) is 16.9 Å². The Morgan fingerprint density at radius 1 is 1.30 bits per heavy atom. The van der Waals surface area contributed by atoms with Gasteiger partial charge in [-0.05, 0) is 25.5 Å². The Morgan fingerprint density at radius 3 is 3.13 bits per heavy atom. The molecule has 118 valence electrons. The minimum Gasteiger partial charge on any atom is -0.355 e. The highest BCUT2D eigenvalue weighted by atomic mass is 15.2. The third-order valence-electron chi connectivity index (χ3n) is 4.39. The zero-order chi connectivity index (χ0) is 15.6. The smallest absolute Gasteiger partial charge is 0.165 e. The van der Waals surface area contributed by atoms with Gasteiger partial charge in [-0.1, -0.05) is 0 Å². The molecule has 1 fully saturated rings. The van der Waals surface area contributed by atoms with Gasteiger partial charge in [0.25, 0.3) is 0 Å². The van der Waals surface area contributed by atoms with Gasteiger partial charge in [0.2, 0.25) is 0 Å². The summed E-state index contributed by atoms with van der Waals surface area (Å²) in [7, 11) is 2.10. The maximum absolute atomic E-state index is 4.75. The molecule has 1 aliphatic rings. The summed E-state index contributed by atoms with van der Waals surface area (Å²) >= 11 is 0. The van der Waals surface area contributed by atoms with Crippen LogP contribution in [0.15, 0.2) is 37.1 Å². The predicted molar refractivity (Wildman–Crippen MR) is 88.3 cm³/mol. The van der Waals surface area contributed by atoms with Crippen molar-refractivity contribution in [2.24, 2.45) is 0 Å². The fourth-order valence-electron chi connectivity index (χ4n) is 3.03. The van der Waals surface area contributed by atoms with Crippen molar-refractivity contribution in [2.75, 3.05) is 25.0 Å². The van der Waals surface area contributed by atoms with Gasteiger partial charge in [-0.2, -0.15) is 5.10 Å². The average molecular weight is 309 g/mol. The summed E-state index contributed by atoms with van der Waals surface area (Å²) in [6.07, 6.45) is 11.3. The summed E-state index contributed by atoms with van der Waals surface area (Å²) in [5, 5.41) is 7.78. The molecule has 1 N–H and O–H groups in total. The van der Waals surface area contributed by atoms with Crippen LogP contribution in [0.3, 0.4) is 0 Å². The Morgan fingerprint density at radius 2 is 2.26 bits per heavy atom. The highest BCUT2D eigenvalue weighted by molar-refractivity contribution is 5.75. The molecule has 1 aliphatic heterocycles. The molecule has 0 spiro atoms. The number of hydrogen-bond donors (Lipinski definition) is 1. The second-order valence-electron chi connectivity index (χ2n) is 5.81. The lowest BCUT2D eigenvalue weighted by molar-refractivity contribution is 0.443. The van der Waals surface area contributed by atoms with Crippen molar-refractivity contribution in [2.45, 2.75) is 18.9 Å². The van der Waals surface area contributed by atoms with Crippen LogP contribution in [0.1, 0.15) is 12.8 Å². The lowest BCUT2D eigenvalue weighted by Gasteiger charge is -2.32. The Balaban J connectivity index is 1.68. The van der Waals surface area contributed by atoms with Gasteiger partial charge in [-0.25, -0.2) is 14.5 Å². The molecule has 0 bridgehead atoms. The molecule has 0 aliphatic carbocycles. The number of nitrogens with zero attached hydrogens (tertiary/aromatic N) is 6. The first-order valence-corrected chi connectivity index (χ1v) is 7.87. The van der Waals surface area contributed by atoms with Gasteiger partial charge in [0, 0.05) is 38.2 Å². The fraction of sp³-hybridized carbons (Fsp3) is 0.375. The quantitative estimate of drug-likeness (QED) is 0.788. The molecular formula is C16H19N7. The second kappa shape index (κ2) is 5.92. The Bertz CT molecular complexity index is 807. The van der Waals surface area contributed by atoms with Crippen molar-refractivity contribution in [3.8, 4) is 11.4 Å². The molecule has 4 rings (SSSR count). The van der Waals surface area contributed by atoms with Crippen LogP contribution in [0.2, 0.25) is 0 Å². The molecule has 7 nitrogen and oxygen atoms in total. The number of likely N-dealkylation sites (N-methyl/N-ethyl adjacent to an activating group) is 1. The van der Waals surface area contributed by atoms with E-state index in [-0.39, 0.29) is 0 Å². The highest BCUT2D eigenvalue weighted by Crippen LogP contribution is 2.23. The first-order valence-electron chi connectivity index (χ1n) is 7.87. The van der Waals surface area contributed by atoms with Crippen LogP contribution >= 0.6 is 0 Å². The maximum Gasteiger partial charge on any atom is 0.165 e. The molecule has 0 saturated carbocycles. The van der Waals surface area contributed by atoms with Gasteiger partial charge in [0.1, 0.15) is 5.82 Å².